The number of carbonyl (C=O) groups excluding carboxylic acids is 1. The van der Waals surface area contributed by atoms with E-state index in [2.05, 4.69) is 37.1 Å². The molecular weight excluding hydrogens is 384 g/mol. The summed E-state index contributed by atoms with van der Waals surface area (Å²) in [5.41, 5.74) is 1.85. The van der Waals surface area contributed by atoms with Gasteiger partial charge >= 0.3 is 0 Å². The fourth-order valence-corrected chi connectivity index (χ4v) is 4.62. The van der Waals surface area contributed by atoms with Gasteiger partial charge in [-0.3, -0.25) is 4.79 Å². The second-order valence-electron chi connectivity index (χ2n) is 8.00. The molecular formula is C23H32N2O3S. The number of benzene rings is 1. The van der Waals surface area contributed by atoms with Gasteiger partial charge in [0, 0.05) is 36.6 Å². The highest BCUT2D eigenvalue weighted by Crippen LogP contribution is 2.31. The number of aryl methyl sites for hydroxylation is 1. The summed E-state index contributed by atoms with van der Waals surface area (Å²) in [5.74, 6) is 1.31. The molecule has 1 saturated heterocycles. The molecule has 0 unspecified atom stereocenters. The number of ether oxygens (including phenoxy) is 2. The highest BCUT2D eigenvalue weighted by molar-refractivity contribution is 7.10. The van der Waals surface area contributed by atoms with E-state index in [9.17, 15) is 4.79 Å². The maximum Gasteiger partial charge on any atom is 0.254 e. The van der Waals surface area contributed by atoms with Crippen LogP contribution >= 0.6 is 11.3 Å². The van der Waals surface area contributed by atoms with E-state index < -0.39 is 0 Å². The van der Waals surface area contributed by atoms with Crippen LogP contribution in [0.2, 0.25) is 0 Å². The van der Waals surface area contributed by atoms with Crippen molar-refractivity contribution in [2.24, 2.45) is 0 Å². The Morgan fingerprint density at radius 3 is 2.55 bits per heavy atom. The molecule has 1 fully saturated rings. The Bertz CT molecular complexity index is 825. The van der Waals surface area contributed by atoms with Gasteiger partial charge in [0.15, 0.2) is 11.5 Å². The van der Waals surface area contributed by atoms with Gasteiger partial charge in [0.05, 0.1) is 13.7 Å². The molecule has 0 atom stereocenters. The number of methoxy groups -OCH3 is 1. The average molecular weight is 417 g/mol. The molecule has 0 saturated carbocycles. The molecule has 1 amide bonds. The first-order valence-corrected chi connectivity index (χ1v) is 11.1. The number of rotatable bonds is 7. The van der Waals surface area contributed by atoms with Gasteiger partial charge in [-0.2, -0.15) is 0 Å². The van der Waals surface area contributed by atoms with E-state index in [1.807, 2.05) is 25.2 Å². The lowest BCUT2D eigenvalue weighted by atomic mass is 10.1. The Hall–Kier alpha value is -2.05. The van der Waals surface area contributed by atoms with Crippen molar-refractivity contribution < 1.29 is 14.3 Å². The van der Waals surface area contributed by atoms with Crippen molar-refractivity contribution in [2.75, 3.05) is 27.2 Å². The van der Waals surface area contributed by atoms with Gasteiger partial charge < -0.3 is 19.3 Å². The standard InChI is InChI=1S/C23H32N2O3S/c1-16(2)25-11-8-19(9-12-25)28-21-14-18(6-7-20(21)27-5)23(26)24(4)15-22-17(3)10-13-29-22/h6-7,10,13-14,16,19H,8-9,11-12,15H2,1-5H3. The van der Waals surface area contributed by atoms with Gasteiger partial charge in [-0.15, -0.1) is 11.3 Å². The molecule has 0 N–H and O–H groups in total. The number of hydrogen-bond acceptors (Lipinski definition) is 5. The van der Waals surface area contributed by atoms with Crippen LogP contribution in [0.4, 0.5) is 0 Å². The normalized spacial score (nSPS) is 15.5. The number of amides is 1. The molecule has 0 spiro atoms. The summed E-state index contributed by atoms with van der Waals surface area (Å²) in [6.45, 7) is 9.21. The van der Waals surface area contributed by atoms with Crippen LogP contribution in [0.1, 0.15) is 47.5 Å². The smallest absolute Gasteiger partial charge is 0.254 e. The van der Waals surface area contributed by atoms with E-state index in [-0.39, 0.29) is 12.0 Å². The highest BCUT2D eigenvalue weighted by atomic mass is 32.1. The molecule has 3 rings (SSSR count). The zero-order chi connectivity index (χ0) is 21.0. The first-order valence-electron chi connectivity index (χ1n) is 10.3. The molecule has 0 bridgehead atoms. The van der Waals surface area contributed by atoms with Crippen LogP contribution in [0.3, 0.4) is 0 Å². The third kappa shape index (κ3) is 5.31. The minimum Gasteiger partial charge on any atom is -0.493 e. The van der Waals surface area contributed by atoms with Crippen molar-refractivity contribution in [3.05, 3.63) is 45.6 Å². The van der Waals surface area contributed by atoms with Gasteiger partial charge in [-0.25, -0.2) is 0 Å². The highest BCUT2D eigenvalue weighted by Gasteiger charge is 2.24. The van der Waals surface area contributed by atoms with Crippen molar-refractivity contribution in [3.8, 4) is 11.5 Å². The minimum atomic E-state index is -0.0140. The maximum atomic E-state index is 13.0. The topological polar surface area (TPSA) is 42.0 Å². The zero-order valence-corrected chi connectivity index (χ0v) is 18.9. The Labute approximate surface area is 178 Å². The third-order valence-electron chi connectivity index (χ3n) is 5.61. The average Bonchev–Trinajstić information content (AvgIpc) is 3.12. The van der Waals surface area contributed by atoms with E-state index in [0.29, 0.717) is 29.6 Å². The van der Waals surface area contributed by atoms with Gasteiger partial charge in [0.1, 0.15) is 6.10 Å². The van der Waals surface area contributed by atoms with Crippen LogP contribution in [0.5, 0.6) is 11.5 Å². The molecule has 5 nitrogen and oxygen atoms in total. The van der Waals surface area contributed by atoms with Crippen LogP contribution < -0.4 is 9.47 Å². The SMILES string of the molecule is COc1ccc(C(=O)N(C)Cc2sccc2C)cc1OC1CCN(C(C)C)CC1. The fraction of sp³-hybridized carbons (Fsp3) is 0.522. The number of piperidine rings is 1. The predicted octanol–water partition coefficient (Wildman–Crippen LogP) is 4.59. The van der Waals surface area contributed by atoms with Crippen LogP contribution in [-0.4, -0.2) is 55.1 Å². The van der Waals surface area contributed by atoms with Gasteiger partial charge in [0.2, 0.25) is 0 Å². The Kier molecular flexibility index (Phi) is 7.19. The maximum absolute atomic E-state index is 13.0. The minimum absolute atomic E-state index is 0.0140. The zero-order valence-electron chi connectivity index (χ0n) is 18.1. The molecule has 158 valence electrons. The summed E-state index contributed by atoms with van der Waals surface area (Å²) in [5, 5.41) is 2.06. The molecule has 1 aliphatic rings. The van der Waals surface area contributed by atoms with Crippen LogP contribution in [0, 0.1) is 6.92 Å². The molecule has 29 heavy (non-hydrogen) atoms. The number of nitrogens with zero attached hydrogens (tertiary/aromatic N) is 2. The monoisotopic (exact) mass is 416 g/mol. The number of thiophene rings is 1. The summed E-state index contributed by atoms with van der Waals surface area (Å²) in [4.78, 5) is 18.4. The van der Waals surface area contributed by atoms with E-state index in [0.717, 1.165) is 25.9 Å². The molecule has 2 heterocycles. The van der Waals surface area contributed by atoms with Crippen LogP contribution in [0.25, 0.3) is 0 Å². The van der Waals surface area contributed by atoms with E-state index in [1.54, 1.807) is 23.3 Å². The summed E-state index contributed by atoms with van der Waals surface area (Å²) in [7, 11) is 3.48. The lowest BCUT2D eigenvalue weighted by Gasteiger charge is -2.34. The number of likely N-dealkylation sites (tertiary alicyclic amines) is 1. The largest absolute Gasteiger partial charge is 0.493 e. The molecule has 1 aromatic carbocycles. The van der Waals surface area contributed by atoms with Gasteiger partial charge in [0.25, 0.3) is 5.91 Å². The molecule has 0 radical (unpaired) electrons. The van der Waals surface area contributed by atoms with Crippen molar-refractivity contribution in [3.63, 3.8) is 0 Å². The summed E-state index contributed by atoms with van der Waals surface area (Å²) < 4.78 is 11.8. The van der Waals surface area contributed by atoms with Crippen LogP contribution in [-0.2, 0) is 6.54 Å². The number of carbonyl (C=O) groups is 1. The predicted molar refractivity (Wildman–Crippen MR) is 118 cm³/mol. The number of hydrogen-bond donors (Lipinski definition) is 0. The van der Waals surface area contributed by atoms with Crippen molar-refractivity contribution >= 4 is 17.2 Å². The fourth-order valence-electron chi connectivity index (χ4n) is 3.67. The Morgan fingerprint density at radius 2 is 1.97 bits per heavy atom. The molecule has 0 aliphatic carbocycles. The van der Waals surface area contributed by atoms with Crippen molar-refractivity contribution in [2.45, 2.75) is 52.3 Å². The lowest BCUT2D eigenvalue weighted by Crippen LogP contribution is -2.41. The van der Waals surface area contributed by atoms with Crippen molar-refractivity contribution in [1.82, 2.24) is 9.80 Å². The first-order chi connectivity index (χ1) is 13.9. The second-order valence-corrected chi connectivity index (χ2v) is 9.00. The summed E-state index contributed by atoms with van der Waals surface area (Å²) >= 11 is 1.68. The summed E-state index contributed by atoms with van der Waals surface area (Å²) in [6, 6.07) is 8.12. The molecule has 2 aromatic rings. The van der Waals surface area contributed by atoms with E-state index in [4.69, 9.17) is 9.47 Å². The Morgan fingerprint density at radius 1 is 1.24 bits per heavy atom. The quantitative estimate of drug-likeness (QED) is 0.662. The Balaban J connectivity index is 1.69. The molecule has 1 aromatic heterocycles. The molecule has 6 heteroatoms. The van der Waals surface area contributed by atoms with E-state index in [1.165, 1.54) is 10.4 Å². The van der Waals surface area contributed by atoms with Crippen LogP contribution in [0.15, 0.2) is 29.6 Å². The first kappa shape index (κ1) is 21.7. The van der Waals surface area contributed by atoms with Gasteiger partial charge in [-0.05, 0) is 68.8 Å². The van der Waals surface area contributed by atoms with Crippen molar-refractivity contribution in [1.29, 1.82) is 0 Å². The van der Waals surface area contributed by atoms with Gasteiger partial charge in [-0.1, -0.05) is 0 Å². The molecule has 1 aliphatic heterocycles. The third-order valence-corrected chi connectivity index (χ3v) is 6.61. The second kappa shape index (κ2) is 9.63. The summed E-state index contributed by atoms with van der Waals surface area (Å²) in [6.07, 6.45) is 2.12. The lowest BCUT2D eigenvalue weighted by molar-refractivity contribution is 0.0773. The van der Waals surface area contributed by atoms with E-state index >= 15 is 0 Å².